The van der Waals surface area contributed by atoms with Crippen molar-refractivity contribution in [2.24, 2.45) is 5.92 Å². The molecule has 2 aliphatic rings. The molecule has 0 bridgehead atoms. The Hall–Kier alpha value is -3.03. The largest absolute Gasteiger partial charge is 0.496 e. The van der Waals surface area contributed by atoms with Gasteiger partial charge in [0.15, 0.2) is 17.3 Å². The van der Waals surface area contributed by atoms with E-state index in [-0.39, 0.29) is 59.0 Å². The Bertz CT molecular complexity index is 1110. The summed E-state index contributed by atoms with van der Waals surface area (Å²) < 4.78 is 23.0. The first-order valence-electron chi connectivity index (χ1n) is 10.1. The van der Waals surface area contributed by atoms with Crippen LogP contribution in [0.4, 0.5) is 0 Å². The molecule has 168 valence electrons. The molecular weight excluding hydrogens is 436 g/mol. The second-order valence-corrected chi connectivity index (χ2v) is 8.19. The number of ketones is 2. The summed E-state index contributed by atoms with van der Waals surface area (Å²) in [5.41, 5.74) is 0.238. The number of Topliss-reactive ketones (excluding diaryl/α,β-unsaturated/α-hetero) is 1. The van der Waals surface area contributed by atoms with Gasteiger partial charge < -0.3 is 24.1 Å². The number of benzene rings is 2. The van der Waals surface area contributed by atoms with Gasteiger partial charge in [-0.25, -0.2) is 0 Å². The number of aliphatic hydroxyl groups is 1. The van der Waals surface area contributed by atoms with Gasteiger partial charge in [-0.15, -0.1) is 0 Å². The van der Waals surface area contributed by atoms with Crippen LogP contribution in [-0.4, -0.2) is 36.5 Å². The lowest BCUT2D eigenvalue weighted by Gasteiger charge is -2.37. The molecule has 8 heteroatoms. The number of carbonyl (C=O) groups is 2. The molecule has 0 amide bonds. The Kier molecular flexibility index (Phi) is 5.88. The number of hydrogen-bond acceptors (Lipinski definition) is 7. The lowest BCUT2D eigenvalue weighted by molar-refractivity contribution is -0.118. The number of aliphatic hydroxyl groups excluding tert-OH is 1. The van der Waals surface area contributed by atoms with E-state index in [1.54, 1.807) is 19.1 Å². The molecular formula is C24H23ClO7. The van der Waals surface area contributed by atoms with E-state index in [2.05, 4.69) is 0 Å². The summed E-state index contributed by atoms with van der Waals surface area (Å²) in [6, 6.07) is 8.71. The Morgan fingerprint density at radius 2 is 1.78 bits per heavy atom. The predicted molar refractivity (Wildman–Crippen MR) is 116 cm³/mol. The number of hydrogen-bond donors (Lipinski definition) is 1. The Morgan fingerprint density at radius 1 is 1.12 bits per heavy atom. The summed E-state index contributed by atoms with van der Waals surface area (Å²) >= 11 is 6.47. The fourth-order valence-electron chi connectivity index (χ4n) is 4.14. The van der Waals surface area contributed by atoms with Crippen LogP contribution in [0.15, 0.2) is 42.2 Å². The molecule has 1 heterocycles. The van der Waals surface area contributed by atoms with Gasteiger partial charge in [0.1, 0.15) is 28.7 Å². The van der Waals surface area contributed by atoms with Crippen LogP contribution in [0, 0.1) is 5.92 Å². The molecule has 1 N–H and O–H groups in total. The van der Waals surface area contributed by atoms with E-state index in [1.807, 2.05) is 12.1 Å². The van der Waals surface area contributed by atoms with E-state index in [9.17, 15) is 14.7 Å². The van der Waals surface area contributed by atoms with Crippen molar-refractivity contribution in [3.63, 3.8) is 0 Å². The SMILES string of the molecule is COc1cc(OC)c2c(c1Cl)O[C@]1(C2=O)C(OCc2ccc(CO)cc2)=CC(=O)C[C@H]1C. The van der Waals surface area contributed by atoms with E-state index in [0.29, 0.717) is 5.75 Å². The predicted octanol–water partition coefficient (Wildman–Crippen LogP) is 3.87. The second kappa shape index (κ2) is 8.48. The highest BCUT2D eigenvalue weighted by Crippen LogP contribution is 2.54. The number of allylic oxidation sites excluding steroid dienone is 1. The third-order valence-electron chi connectivity index (χ3n) is 5.88. The summed E-state index contributed by atoms with van der Waals surface area (Å²) in [6.45, 7) is 1.82. The maximum Gasteiger partial charge on any atom is 0.231 e. The van der Waals surface area contributed by atoms with Gasteiger partial charge >= 0.3 is 0 Å². The minimum absolute atomic E-state index is 0.0614. The first kappa shape index (κ1) is 22.2. The fraction of sp³-hybridized carbons (Fsp3) is 0.333. The molecule has 0 saturated heterocycles. The zero-order chi connectivity index (χ0) is 23.0. The van der Waals surface area contributed by atoms with Crippen LogP contribution in [0.2, 0.25) is 5.02 Å². The van der Waals surface area contributed by atoms with Gasteiger partial charge in [0.2, 0.25) is 11.4 Å². The number of methoxy groups -OCH3 is 2. The average molecular weight is 459 g/mol. The molecule has 0 radical (unpaired) electrons. The van der Waals surface area contributed by atoms with Gasteiger partial charge in [0, 0.05) is 24.5 Å². The Labute approximate surface area is 190 Å². The summed E-state index contributed by atoms with van der Waals surface area (Å²) in [5, 5.41) is 9.37. The number of carbonyl (C=O) groups excluding carboxylic acids is 2. The van der Waals surface area contributed by atoms with Crippen LogP contribution < -0.4 is 14.2 Å². The van der Waals surface area contributed by atoms with Crippen LogP contribution in [0.1, 0.15) is 34.8 Å². The summed E-state index contributed by atoms with van der Waals surface area (Å²) in [6.07, 6.45) is 1.44. The van der Waals surface area contributed by atoms with Crippen molar-refractivity contribution in [3.05, 3.63) is 63.9 Å². The maximum atomic E-state index is 13.8. The van der Waals surface area contributed by atoms with Gasteiger partial charge in [0.05, 0.1) is 20.8 Å². The molecule has 2 aromatic carbocycles. The molecule has 0 unspecified atom stereocenters. The molecule has 2 aromatic rings. The van der Waals surface area contributed by atoms with E-state index >= 15 is 0 Å². The van der Waals surface area contributed by atoms with Gasteiger partial charge in [0.25, 0.3) is 0 Å². The highest BCUT2D eigenvalue weighted by atomic mass is 35.5. The van der Waals surface area contributed by atoms with Crippen molar-refractivity contribution < 1.29 is 33.6 Å². The molecule has 32 heavy (non-hydrogen) atoms. The second-order valence-electron chi connectivity index (χ2n) is 7.81. The molecule has 0 aromatic heterocycles. The lowest BCUT2D eigenvalue weighted by Crippen LogP contribution is -2.51. The lowest BCUT2D eigenvalue weighted by atomic mass is 9.75. The molecule has 7 nitrogen and oxygen atoms in total. The number of halogens is 1. The molecule has 1 aliphatic heterocycles. The zero-order valence-electron chi connectivity index (χ0n) is 17.9. The van der Waals surface area contributed by atoms with Gasteiger partial charge in [-0.2, -0.15) is 0 Å². The number of fused-ring (bicyclic) bond motifs is 1. The quantitative estimate of drug-likeness (QED) is 0.702. The molecule has 1 spiro atoms. The Morgan fingerprint density at radius 3 is 2.41 bits per heavy atom. The standard InChI is InChI=1S/C24H23ClO7/c1-13-8-16(27)9-19(31-12-15-6-4-14(11-26)5-7-15)24(13)23(28)20-17(29-2)10-18(30-3)21(25)22(20)32-24/h4-7,9-10,13,26H,8,11-12H2,1-3H3/t13-,24+/m1/s1. The van der Waals surface area contributed by atoms with Crippen molar-refractivity contribution in [3.8, 4) is 17.2 Å². The minimum Gasteiger partial charge on any atom is -0.496 e. The van der Waals surface area contributed by atoms with Crippen LogP contribution in [0.3, 0.4) is 0 Å². The molecule has 4 rings (SSSR count). The zero-order valence-corrected chi connectivity index (χ0v) is 18.7. The minimum atomic E-state index is -1.54. The van der Waals surface area contributed by atoms with Gasteiger partial charge in [-0.05, 0) is 11.1 Å². The highest BCUT2D eigenvalue weighted by Gasteiger charge is 2.60. The van der Waals surface area contributed by atoms with Crippen LogP contribution in [0.5, 0.6) is 17.2 Å². The molecule has 0 fully saturated rings. The van der Waals surface area contributed by atoms with E-state index in [0.717, 1.165) is 11.1 Å². The number of ether oxygens (including phenoxy) is 4. The van der Waals surface area contributed by atoms with Crippen LogP contribution in [-0.2, 0) is 22.7 Å². The van der Waals surface area contributed by atoms with Gasteiger partial charge in [-0.1, -0.05) is 42.8 Å². The maximum absolute atomic E-state index is 13.8. The highest BCUT2D eigenvalue weighted by molar-refractivity contribution is 6.35. The van der Waals surface area contributed by atoms with E-state index in [4.69, 9.17) is 30.5 Å². The molecule has 1 aliphatic carbocycles. The molecule has 2 atom stereocenters. The normalized spacial score (nSPS) is 21.8. The van der Waals surface area contributed by atoms with Crippen LogP contribution in [0.25, 0.3) is 0 Å². The summed E-state index contributed by atoms with van der Waals surface area (Å²) in [4.78, 5) is 26.1. The monoisotopic (exact) mass is 458 g/mol. The van der Waals surface area contributed by atoms with Crippen molar-refractivity contribution in [1.29, 1.82) is 0 Å². The molecule has 0 saturated carbocycles. The van der Waals surface area contributed by atoms with Crippen molar-refractivity contribution in [2.75, 3.05) is 14.2 Å². The van der Waals surface area contributed by atoms with Crippen molar-refractivity contribution in [1.82, 2.24) is 0 Å². The third-order valence-corrected chi connectivity index (χ3v) is 6.24. The summed E-state index contributed by atoms with van der Waals surface area (Å²) in [7, 11) is 2.90. The van der Waals surface area contributed by atoms with E-state index in [1.165, 1.54) is 26.4 Å². The average Bonchev–Trinajstić information content (AvgIpc) is 3.11. The smallest absolute Gasteiger partial charge is 0.231 e. The van der Waals surface area contributed by atoms with Crippen molar-refractivity contribution >= 4 is 23.2 Å². The summed E-state index contributed by atoms with van der Waals surface area (Å²) in [5.74, 6) is -0.180. The number of rotatable bonds is 6. The fourth-order valence-corrected chi connectivity index (χ4v) is 4.40. The first-order valence-corrected chi connectivity index (χ1v) is 10.5. The Balaban J connectivity index is 1.74. The first-order chi connectivity index (χ1) is 15.3. The van der Waals surface area contributed by atoms with Crippen LogP contribution >= 0.6 is 11.6 Å². The third kappa shape index (κ3) is 3.42. The topological polar surface area (TPSA) is 91.3 Å². The van der Waals surface area contributed by atoms with E-state index < -0.39 is 11.5 Å². The van der Waals surface area contributed by atoms with Crippen molar-refractivity contribution in [2.45, 2.75) is 32.2 Å². The van der Waals surface area contributed by atoms with Gasteiger partial charge in [-0.3, -0.25) is 9.59 Å².